The molecule has 2 amide bonds. The number of amidine groups is 1. The topological polar surface area (TPSA) is 128 Å². The molecular formula is C29H30F3N5O2. The van der Waals surface area contributed by atoms with Crippen LogP contribution >= 0.6 is 0 Å². The highest BCUT2D eigenvalue weighted by Crippen LogP contribution is 2.37. The zero-order valence-electron chi connectivity index (χ0n) is 21.6. The number of halogens is 3. The number of carbonyl (C=O) groups excluding carboxylic acids is 2. The molecule has 4 rings (SSSR count). The van der Waals surface area contributed by atoms with Crippen LogP contribution in [-0.2, 0) is 11.0 Å². The summed E-state index contributed by atoms with van der Waals surface area (Å²) in [5, 5.41) is 0. The van der Waals surface area contributed by atoms with E-state index in [1.54, 1.807) is 4.90 Å². The van der Waals surface area contributed by atoms with Gasteiger partial charge in [-0.1, -0.05) is 36.4 Å². The predicted molar refractivity (Wildman–Crippen MR) is 146 cm³/mol. The molecule has 7 nitrogen and oxygen atoms in total. The van der Waals surface area contributed by atoms with Crippen LogP contribution in [0.25, 0.3) is 0 Å². The Kier molecular flexibility index (Phi) is 9.13. The molecule has 10 heteroatoms. The molecule has 0 aliphatic carbocycles. The van der Waals surface area contributed by atoms with E-state index in [1.807, 2.05) is 68.4 Å². The summed E-state index contributed by atoms with van der Waals surface area (Å²) in [4.78, 5) is 29.8. The fourth-order valence-electron chi connectivity index (χ4n) is 4.24. The molecule has 1 unspecified atom stereocenters. The molecule has 6 N–H and O–H groups in total. The number of rotatable bonds is 4. The van der Waals surface area contributed by atoms with Crippen molar-refractivity contribution in [2.45, 2.75) is 32.4 Å². The number of nitrogens with two attached hydrogens (primary N) is 3. The van der Waals surface area contributed by atoms with E-state index >= 15 is 0 Å². The third kappa shape index (κ3) is 7.25. The van der Waals surface area contributed by atoms with E-state index in [0.717, 1.165) is 35.0 Å². The molecule has 3 aromatic carbocycles. The highest BCUT2D eigenvalue weighted by molar-refractivity contribution is 6.13. The molecule has 0 bridgehead atoms. The van der Waals surface area contributed by atoms with Crippen molar-refractivity contribution in [3.8, 4) is 0 Å². The molecule has 1 aliphatic heterocycles. The van der Waals surface area contributed by atoms with Gasteiger partial charge in [-0.3, -0.25) is 14.5 Å². The van der Waals surface area contributed by atoms with E-state index in [-0.39, 0.29) is 17.4 Å². The third-order valence-corrected chi connectivity index (χ3v) is 6.04. The van der Waals surface area contributed by atoms with Crippen molar-refractivity contribution in [2.24, 2.45) is 16.5 Å². The van der Waals surface area contributed by atoms with Gasteiger partial charge >= 0.3 is 6.18 Å². The summed E-state index contributed by atoms with van der Waals surface area (Å²) in [6.45, 7) is 4.35. The summed E-state index contributed by atoms with van der Waals surface area (Å²) in [6.07, 6.45) is -4.08. The van der Waals surface area contributed by atoms with Gasteiger partial charge in [0.15, 0.2) is 0 Å². The van der Waals surface area contributed by atoms with E-state index in [0.29, 0.717) is 30.2 Å². The minimum absolute atomic E-state index is 0.0413. The number of piperidine rings is 1. The maximum absolute atomic E-state index is 12.8. The first kappa shape index (κ1) is 29.0. The van der Waals surface area contributed by atoms with Gasteiger partial charge in [0, 0.05) is 41.4 Å². The number of benzene rings is 3. The number of hydrogen-bond acceptors (Lipinski definition) is 5. The number of amides is 2. The molecule has 1 heterocycles. The Bertz CT molecular complexity index is 1400. The Morgan fingerprint density at radius 2 is 1.67 bits per heavy atom. The number of nitrogens with zero attached hydrogens (tertiary/aromatic N) is 2. The molecule has 3 aromatic rings. The molecule has 39 heavy (non-hydrogen) atoms. The lowest BCUT2D eigenvalue weighted by molar-refractivity contribution is -0.137. The van der Waals surface area contributed by atoms with Crippen molar-refractivity contribution in [1.82, 2.24) is 4.90 Å². The van der Waals surface area contributed by atoms with Crippen molar-refractivity contribution in [1.29, 1.82) is 0 Å². The van der Waals surface area contributed by atoms with Gasteiger partial charge < -0.3 is 17.2 Å². The van der Waals surface area contributed by atoms with Crippen molar-refractivity contribution in [2.75, 3.05) is 12.3 Å². The maximum atomic E-state index is 12.8. The second kappa shape index (κ2) is 12.3. The lowest BCUT2D eigenvalue weighted by atomic mass is 9.82. The number of likely N-dealkylation sites (N-methyl/N-ethyl adjacent to an activating group) is 1. The van der Waals surface area contributed by atoms with Crippen molar-refractivity contribution in [3.05, 3.63) is 107 Å². The summed E-state index contributed by atoms with van der Waals surface area (Å²) in [6, 6.07) is 21.2. The molecule has 0 spiro atoms. The van der Waals surface area contributed by atoms with Crippen molar-refractivity contribution in [3.63, 3.8) is 0 Å². The first-order valence-corrected chi connectivity index (χ1v) is 12.2. The first-order valence-electron chi connectivity index (χ1n) is 12.2. The number of hydrogen-bond donors (Lipinski definition) is 3. The Balaban J connectivity index is 0.000000272. The SMILES string of the molecule is CCN1C(=O)CC(c2cccc(N)c2)/C(=C(\C)N)C1=Nc1ccccc1.NC(=O)c1cccc(C(F)(F)F)c1. The summed E-state index contributed by atoms with van der Waals surface area (Å²) >= 11 is 0. The summed E-state index contributed by atoms with van der Waals surface area (Å²) in [5.41, 5.74) is 20.0. The predicted octanol–water partition coefficient (Wildman–Crippen LogP) is 5.37. The Morgan fingerprint density at radius 3 is 2.23 bits per heavy atom. The number of likely N-dealkylation sites (tertiary alicyclic amines) is 1. The monoisotopic (exact) mass is 537 g/mol. The number of anilines is 1. The van der Waals surface area contributed by atoms with Crippen LogP contribution in [-0.4, -0.2) is 29.1 Å². The highest BCUT2D eigenvalue weighted by atomic mass is 19.4. The molecule has 204 valence electrons. The number of nitrogen functional groups attached to an aromatic ring is 1. The van der Waals surface area contributed by atoms with E-state index in [9.17, 15) is 22.8 Å². The van der Waals surface area contributed by atoms with Crippen LogP contribution in [0, 0.1) is 0 Å². The van der Waals surface area contributed by atoms with Crippen LogP contribution in [0.3, 0.4) is 0 Å². The molecule has 1 fully saturated rings. The van der Waals surface area contributed by atoms with Gasteiger partial charge in [0.1, 0.15) is 5.84 Å². The summed E-state index contributed by atoms with van der Waals surface area (Å²) in [5.74, 6) is -0.352. The van der Waals surface area contributed by atoms with Crippen LogP contribution in [0.2, 0.25) is 0 Å². The number of allylic oxidation sites excluding steroid dienone is 1. The second-order valence-corrected chi connectivity index (χ2v) is 8.88. The van der Waals surface area contributed by atoms with Crippen LogP contribution < -0.4 is 17.2 Å². The fourth-order valence-corrected chi connectivity index (χ4v) is 4.24. The molecular weight excluding hydrogens is 507 g/mol. The summed E-state index contributed by atoms with van der Waals surface area (Å²) < 4.78 is 36.2. The number of carbonyl (C=O) groups is 2. The normalized spacial score (nSPS) is 17.9. The highest BCUT2D eigenvalue weighted by Gasteiger charge is 2.36. The Hall–Kier alpha value is -4.60. The Labute approximate surface area is 224 Å². The first-order chi connectivity index (χ1) is 18.4. The maximum Gasteiger partial charge on any atom is 0.416 e. The minimum Gasteiger partial charge on any atom is -0.402 e. The number of primary amides is 1. The third-order valence-electron chi connectivity index (χ3n) is 6.04. The quantitative estimate of drug-likeness (QED) is 0.387. The Morgan fingerprint density at radius 1 is 1.00 bits per heavy atom. The number of alkyl halides is 3. The largest absolute Gasteiger partial charge is 0.416 e. The molecule has 1 atom stereocenters. The zero-order chi connectivity index (χ0) is 28.7. The second-order valence-electron chi connectivity index (χ2n) is 8.88. The average Bonchev–Trinajstić information content (AvgIpc) is 2.89. The van der Waals surface area contributed by atoms with Crippen LogP contribution in [0.4, 0.5) is 24.5 Å². The van der Waals surface area contributed by atoms with Crippen molar-refractivity contribution >= 4 is 29.0 Å². The van der Waals surface area contributed by atoms with E-state index in [1.165, 1.54) is 6.07 Å². The van der Waals surface area contributed by atoms with Gasteiger partial charge in [-0.2, -0.15) is 13.2 Å². The molecule has 1 saturated heterocycles. The smallest absolute Gasteiger partial charge is 0.402 e. The van der Waals surface area contributed by atoms with Crippen LogP contribution in [0.5, 0.6) is 0 Å². The van der Waals surface area contributed by atoms with Crippen LogP contribution in [0.1, 0.15) is 47.7 Å². The fraction of sp³-hybridized carbons (Fsp3) is 0.207. The number of aliphatic imine (C=N–C) groups is 1. The van der Waals surface area contributed by atoms with Gasteiger partial charge in [-0.25, -0.2) is 4.99 Å². The summed E-state index contributed by atoms with van der Waals surface area (Å²) in [7, 11) is 0. The van der Waals surface area contributed by atoms with Gasteiger partial charge in [-0.15, -0.1) is 0 Å². The van der Waals surface area contributed by atoms with Gasteiger partial charge in [-0.05, 0) is 61.9 Å². The van der Waals surface area contributed by atoms with Gasteiger partial charge in [0.05, 0.1) is 11.3 Å². The zero-order valence-corrected chi connectivity index (χ0v) is 21.6. The van der Waals surface area contributed by atoms with Crippen molar-refractivity contribution < 1.29 is 22.8 Å². The molecule has 0 aromatic heterocycles. The van der Waals surface area contributed by atoms with E-state index < -0.39 is 17.6 Å². The van der Waals surface area contributed by atoms with Gasteiger partial charge in [0.2, 0.25) is 11.8 Å². The lowest BCUT2D eigenvalue weighted by Crippen LogP contribution is -2.45. The lowest BCUT2D eigenvalue weighted by Gasteiger charge is -2.35. The van der Waals surface area contributed by atoms with Crippen LogP contribution in [0.15, 0.2) is 95.1 Å². The number of para-hydroxylation sites is 1. The standard InChI is InChI=1S/C21H24N4O.C8H6F3NO/c1-3-25-19(26)13-18(15-8-7-9-16(23)12-15)20(14(2)22)21(25)24-17-10-5-4-6-11-17;9-8(10,11)6-3-1-2-5(4-6)7(12)13/h4-12,18H,3,13,22-23H2,1-2H3;1-4H,(H2,12,13)/b20-14-,24-21?;. The molecule has 0 radical (unpaired) electrons. The van der Waals surface area contributed by atoms with E-state index in [2.05, 4.69) is 0 Å². The minimum atomic E-state index is -4.44. The van der Waals surface area contributed by atoms with Gasteiger partial charge in [0.25, 0.3) is 0 Å². The molecule has 0 saturated carbocycles. The molecule has 1 aliphatic rings. The van der Waals surface area contributed by atoms with E-state index in [4.69, 9.17) is 22.2 Å². The average molecular weight is 538 g/mol.